The predicted octanol–water partition coefficient (Wildman–Crippen LogP) is 5.75. The van der Waals surface area contributed by atoms with Crippen LogP contribution >= 0.6 is 0 Å². The molecule has 0 saturated carbocycles. The first-order valence-corrected chi connectivity index (χ1v) is 12.5. The van der Waals surface area contributed by atoms with Crippen molar-refractivity contribution in [3.63, 3.8) is 0 Å². The van der Waals surface area contributed by atoms with E-state index in [1.165, 1.54) is 30.3 Å². The van der Waals surface area contributed by atoms with Gasteiger partial charge in [-0.3, -0.25) is 9.59 Å². The lowest BCUT2D eigenvalue weighted by Crippen LogP contribution is -2.41. The van der Waals surface area contributed by atoms with Gasteiger partial charge in [0, 0.05) is 38.7 Å². The van der Waals surface area contributed by atoms with Crippen LogP contribution in [0.5, 0.6) is 5.75 Å². The summed E-state index contributed by atoms with van der Waals surface area (Å²) < 4.78 is 6.81. The van der Waals surface area contributed by atoms with Crippen LogP contribution in [0.3, 0.4) is 0 Å². The number of carbonyl (C=O) groups excluding carboxylic acids is 4. The highest BCUT2D eigenvalue weighted by Gasteiger charge is 2.39. The van der Waals surface area contributed by atoms with Gasteiger partial charge in [-0.15, -0.1) is 0 Å². The molecule has 5 aromatic carbocycles. The van der Waals surface area contributed by atoms with E-state index in [4.69, 9.17) is 4.74 Å². The van der Waals surface area contributed by atoms with E-state index in [1.54, 1.807) is 12.1 Å². The number of aromatic nitrogens is 1. The standard InChI is InChI=1S/C32H16N2O6/c35-26-15-16(33-23-7-3-1-5-17(23)18-6-2-4-8-24(18)33)9-14-25(26)34-29(36)19-10-12-21-28-22(32(39)40-31(21)38)13-11-20(27(19)28)30(34)37/h1-15,35H. The predicted molar refractivity (Wildman–Crippen MR) is 147 cm³/mol. The maximum Gasteiger partial charge on any atom is 0.346 e. The van der Waals surface area contributed by atoms with Crippen LogP contribution in [-0.4, -0.2) is 33.4 Å². The van der Waals surface area contributed by atoms with Gasteiger partial charge < -0.3 is 14.4 Å². The smallest absolute Gasteiger partial charge is 0.346 e. The number of cyclic esters (lactones) is 2. The second kappa shape index (κ2) is 7.64. The van der Waals surface area contributed by atoms with Gasteiger partial charge in [0.25, 0.3) is 11.8 Å². The van der Waals surface area contributed by atoms with E-state index in [9.17, 15) is 24.3 Å². The molecular weight excluding hydrogens is 508 g/mol. The van der Waals surface area contributed by atoms with Crippen molar-refractivity contribution in [1.82, 2.24) is 4.57 Å². The van der Waals surface area contributed by atoms with Crippen molar-refractivity contribution >= 4 is 62.0 Å². The summed E-state index contributed by atoms with van der Waals surface area (Å²) in [5, 5.41) is 13.8. The maximum absolute atomic E-state index is 13.7. The third-order valence-electron chi connectivity index (χ3n) is 7.69. The first-order valence-electron chi connectivity index (χ1n) is 12.5. The van der Waals surface area contributed by atoms with E-state index >= 15 is 0 Å². The lowest BCUT2D eigenvalue weighted by molar-refractivity contribution is 0.0390. The number of hydrogen-bond acceptors (Lipinski definition) is 6. The van der Waals surface area contributed by atoms with Gasteiger partial charge >= 0.3 is 11.9 Å². The number of carbonyl (C=O) groups is 4. The van der Waals surface area contributed by atoms with Gasteiger partial charge in [-0.05, 0) is 48.5 Å². The minimum absolute atomic E-state index is 0.0223. The Morgan fingerprint density at radius 2 is 1.07 bits per heavy atom. The second-order valence-corrected chi connectivity index (χ2v) is 9.74. The molecule has 8 nitrogen and oxygen atoms in total. The quantitative estimate of drug-likeness (QED) is 0.176. The second-order valence-electron chi connectivity index (χ2n) is 9.74. The first-order chi connectivity index (χ1) is 19.4. The number of rotatable bonds is 2. The summed E-state index contributed by atoms with van der Waals surface area (Å²) in [6, 6.07) is 26.4. The van der Waals surface area contributed by atoms with Crippen molar-refractivity contribution in [3.8, 4) is 11.4 Å². The number of imide groups is 1. The van der Waals surface area contributed by atoms with Crippen LogP contribution in [0.25, 0.3) is 38.3 Å². The number of amides is 2. The van der Waals surface area contributed by atoms with E-state index in [0.29, 0.717) is 5.69 Å². The number of benzene rings is 5. The van der Waals surface area contributed by atoms with Crippen molar-refractivity contribution in [1.29, 1.82) is 0 Å². The largest absolute Gasteiger partial charge is 0.506 e. The molecule has 0 saturated heterocycles. The first kappa shape index (κ1) is 22.2. The number of para-hydroxylation sites is 2. The van der Waals surface area contributed by atoms with Crippen molar-refractivity contribution in [2.75, 3.05) is 4.90 Å². The van der Waals surface area contributed by atoms with Gasteiger partial charge in [-0.1, -0.05) is 36.4 Å². The fourth-order valence-electron chi connectivity index (χ4n) is 5.98. The molecule has 0 radical (unpaired) electrons. The van der Waals surface area contributed by atoms with Gasteiger partial charge in [0.1, 0.15) is 5.75 Å². The zero-order valence-corrected chi connectivity index (χ0v) is 20.5. The molecule has 0 bridgehead atoms. The number of aromatic hydroxyl groups is 1. The fraction of sp³-hybridized carbons (Fsp3) is 0. The van der Waals surface area contributed by atoms with Gasteiger partial charge in [-0.25, -0.2) is 14.5 Å². The van der Waals surface area contributed by atoms with Gasteiger partial charge in [-0.2, -0.15) is 0 Å². The summed E-state index contributed by atoms with van der Waals surface area (Å²) in [4.78, 5) is 53.0. The Balaban J connectivity index is 1.29. The third-order valence-corrected chi connectivity index (χ3v) is 7.69. The SMILES string of the molecule is O=C1OC(=O)c2ccc3c4c(ccc1c24)C(=O)N(c1ccc(-n2c4ccccc4c4ccccc42)cc1O)C3=O. The van der Waals surface area contributed by atoms with Crippen molar-refractivity contribution in [2.24, 2.45) is 0 Å². The summed E-state index contributed by atoms with van der Waals surface area (Å²) in [6.45, 7) is 0. The van der Waals surface area contributed by atoms with E-state index < -0.39 is 23.8 Å². The highest BCUT2D eigenvalue weighted by molar-refractivity contribution is 6.38. The topological polar surface area (TPSA) is 106 Å². The summed E-state index contributed by atoms with van der Waals surface area (Å²) in [5.74, 6) is -3.27. The normalized spacial score (nSPS) is 14.4. The average molecular weight is 524 g/mol. The number of hydrogen-bond donors (Lipinski definition) is 1. The Kier molecular flexibility index (Phi) is 4.25. The Bertz CT molecular complexity index is 2070. The molecule has 3 heterocycles. The van der Waals surface area contributed by atoms with Crippen LogP contribution in [-0.2, 0) is 4.74 Å². The summed E-state index contributed by atoms with van der Waals surface area (Å²) in [7, 11) is 0. The zero-order valence-electron chi connectivity index (χ0n) is 20.5. The van der Waals surface area contributed by atoms with Crippen LogP contribution in [0.15, 0.2) is 91.0 Å². The molecule has 0 atom stereocenters. The number of ether oxygens (including phenoxy) is 1. The Labute approximate surface area is 225 Å². The molecule has 0 aliphatic carbocycles. The van der Waals surface area contributed by atoms with Crippen molar-refractivity contribution in [2.45, 2.75) is 0 Å². The number of esters is 2. The molecule has 1 N–H and O–H groups in total. The molecule has 8 rings (SSSR count). The summed E-state index contributed by atoms with van der Waals surface area (Å²) in [5.41, 5.74) is 3.09. The van der Waals surface area contributed by atoms with Crippen LogP contribution in [0.1, 0.15) is 41.4 Å². The highest BCUT2D eigenvalue weighted by atomic mass is 16.6. The Hall–Kier alpha value is -5.76. The molecular formula is C32H16N2O6. The molecule has 0 fully saturated rings. The van der Waals surface area contributed by atoms with Crippen molar-refractivity contribution in [3.05, 3.63) is 113 Å². The van der Waals surface area contributed by atoms with E-state index in [0.717, 1.165) is 26.7 Å². The van der Waals surface area contributed by atoms with Crippen LogP contribution < -0.4 is 4.90 Å². The van der Waals surface area contributed by atoms with Gasteiger partial charge in [0.15, 0.2) is 0 Å². The summed E-state index contributed by atoms with van der Waals surface area (Å²) in [6.07, 6.45) is 0. The van der Waals surface area contributed by atoms with E-state index in [1.807, 2.05) is 53.1 Å². The minimum atomic E-state index is -0.832. The highest BCUT2D eigenvalue weighted by Crippen LogP contribution is 2.41. The van der Waals surface area contributed by atoms with Crippen LogP contribution in [0, 0.1) is 0 Å². The maximum atomic E-state index is 13.7. The third kappa shape index (κ3) is 2.74. The average Bonchev–Trinajstić information content (AvgIpc) is 3.30. The molecule has 2 aliphatic heterocycles. The van der Waals surface area contributed by atoms with E-state index in [-0.39, 0.29) is 44.5 Å². The van der Waals surface area contributed by atoms with E-state index in [2.05, 4.69) is 0 Å². The zero-order chi connectivity index (χ0) is 27.3. The Morgan fingerprint density at radius 1 is 0.575 bits per heavy atom. The van der Waals surface area contributed by atoms with Gasteiger partial charge in [0.2, 0.25) is 0 Å². The molecule has 2 aliphatic rings. The molecule has 0 unspecified atom stereocenters. The van der Waals surface area contributed by atoms with Crippen LogP contribution in [0.4, 0.5) is 5.69 Å². The molecule has 2 amide bonds. The van der Waals surface area contributed by atoms with Gasteiger partial charge in [0.05, 0.1) is 33.5 Å². The number of anilines is 1. The number of phenolic OH excluding ortho intramolecular Hbond substituents is 1. The molecule has 6 aromatic rings. The van der Waals surface area contributed by atoms with Crippen LogP contribution in [0.2, 0.25) is 0 Å². The molecule has 0 spiro atoms. The molecule has 1 aromatic heterocycles. The molecule has 8 heteroatoms. The lowest BCUT2D eigenvalue weighted by atomic mass is 9.87. The number of nitrogens with zero attached hydrogens (tertiary/aromatic N) is 2. The Morgan fingerprint density at radius 3 is 1.62 bits per heavy atom. The lowest BCUT2D eigenvalue weighted by Gasteiger charge is -2.29. The number of fused-ring (bicyclic) bond motifs is 3. The molecule has 40 heavy (non-hydrogen) atoms. The number of phenols is 1. The van der Waals surface area contributed by atoms with Crippen molar-refractivity contribution < 1.29 is 29.0 Å². The monoisotopic (exact) mass is 524 g/mol. The minimum Gasteiger partial charge on any atom is -0.506 e. The molecule has 190 valence electrons. The fourth-order valence-corrected chi connectivity index (χ4v) is 5.98. The summed E-state index contributed by atoms with van der Waals surface area (Å²) >= 11 is 0.